The van der Waals surface area contributed by atoms with Crippen molar-refractivity contribution in [2.75, 3.05) is 0 Å². The molecule has 2 aromatic carbocycles. The topological polar surface area (TPSA) is 21.6 Å². The molecular weight excluding hydrogens is 217 g/mol. The van der Waals surface area contributed by atoms with Crippen LogP contribution in [-0.2, 0) is 11.4 Å². The third kappa shape index (κ3) is 3.72. The van der Waals surface area contributed by atoms with Gasteiger partial charge in [-0.3, -0.25) is 0 Å². The van der Waals surface area contributed by atoms with Gasteiger partial charge < -0.3 is 4.84 Å². The van der Waals surface area contributed by atoms with Gasteiger partial charge in [-0.25, -0.2) is 4.39 Å². The van der Waals surface area contributed by atoms with Crippen LogP contribution < -0.4 is 0 Å². The van der Waals surface area contributed by atoms with Crippen LogP contribution in [0.25, 0.3) is 0 Å². The zero-order chi connectivity index (χ0) is 11.9. The summed E-state index contributed by atoms with van der Waals surface area (Å²) in [4.78, 5) is 5.07. The summed E-state index contributed by atoms with van der Waals surface area (Å²) in [6, 6.07) is 15.6. The monoisotopic (exact) mass is 228 g/mol. The normalized spacial score (nSPS) is 10.6. The van der Waals surface area contributed by atoms with Crippen molar-refractivity contribution in [1.29, 1.82) is 0 Å². The van der Waals surface area contributed by atoms with Crippen molar-refractivity contribution in [3.05, 3.63) is 71.5 Å². The van der Waals surface area contributed by atoms with E-state index in [1.54, 1.807) is 12.1 Å². The minimum Gasteiger partial charge on any atom is -0.390 e. The van der Waals surface area contributed by atoms with E-state index < -0.39 is 0 Å². The second-order valence-electron chi connectivity index (χ2n) is 3.47. The summed E-state index contributed by atoms with van der Waals surface area (Å²) >= 11 is 0. The van der Waals surface area contributed by atoms with Crippen LogP contribution in [-0.4, -0.2) is 6.21 Å². The smallest absolute Gasteiger partial charge is 0.142 e. The summed E-state index contributed by atoms with van der Waals surface area (Å²) in [5.41, 5.74) is 1.72. The van der Waals surface area contributed by atoms with Gasteiger partial charge in [0, 0.05) is 5.56 Å². The van der Waals surface area contributed by atoms with Gasteiger partial charge in [0.05, 0.1) is 0 Å². The third-order valence-corrected chi connectivity index (χ3v) is 2.16. The predicted octanol–water partition coefficient (Wildman–Crippen LogP) is 3.25. The molecule has 0 N–H and O–H groups in total. The molecule has 0 aliphatic heterocycles. The lowest BCUT2D eigenvalue weighted by Crippen LogP contribution is -1.87. The van der Waals surface area contributed by atoms with E-state index in [0.29, 0.717) is 12.2 Å². The molecule has 1 radical (unpaired) electrons. The number of nitrogens with zero attached hydrogens (tertiary/aromatic N) is 1. The average Bonchev–Trinajstić information content (AvgIpc) is 2.38. The predicted molar refractivity (Wildman–Crippen MR) is 64.2 cm³/mol. The highest BCUT2D eigenvalue weighted by Crippen LogP contribution is 2.02. The van der Waals surface area contributed by atoms with Gasteiger partial charge in [0.25, 0.3) is 0 Å². The van der Waals surface area contributed by atoms with Gasteiger partial charge >= 0.3 is 0 Å². The maximum atomic E-state index is 12.6. The molecule has 0 heterocycles. The Balaban J connectivity index is 1.84. The highest BCUT2D eigenvalue weighted by atomic mass is 19.1. The molecule has 2 aromatic rings. The van der Waals surface area contributed by atoms with Crippen LogP contribution in [0.15, 0.2) is 59.8 Å². The van der Waals surface area contributed by atoms with Crippen LogP contribution in [0, 0.1) is 5.82 Å². The Morgan fingerprint density at radius 2 is 1.71 bits per heavy atom. The molecule has 85 valence electrons. The molecule has 17 heavy (non-hydrogen) atoms. The molecule has 0 aliphatic rings. The molecule has 2 nitrogen and oxygen atoms in total. The van der Waals surface area contributed by atoms with Gasteiger partial charge in [-0.15, -0.1) is 0 Å². The minimum atomic E-state index is -0.277. The van der Waals surface area contributed by atoms with Crippen LogP contribution in [0.5, 0.6) is 0 Å². The van der Waals surface area contributed by atoms with E-state index in [4.69, 9.17) is 4.84 Å². The van der Waals surface area contributed by atoms with Crippen LogP contribution in [0.4, 0.5) is 4.39 Å². The molecule has 0 saturated heterocycles. The Labute approximate surface area is 99.3 Å². The first-order valence-electron chi connectivity index (χ1n) is 5.22. The lowest BCUT2D eigenvalue weighted by Gasteiger charge is -1.98. The maximum absolute atomic E-state index is 12.6. The molecular formula is C14H11FNO. The summed E-state index contributed by atoms with van der Waals surface area (Å²) in [6.45, 7) is 0.398. The summed E-state index contributed by atoms with van der Waals surface area (Å²) in [7, 11) is 0. The van der Waals surface area contributed by atoms with E-state index >= 15 is 0 Å². The van der Waals surface area contributed by atoms with E-state index in [9.17, 15) is 4.39 Å². The quantitative estimate of drug-likeness (QED) is 0.581. The van der Waals surface area contributed by atoms with E-state index in [-0.39, 0.29) is 5.82 Å². The van der Waals surface area contributed by atoms with Crippen LogP contribution in [0.3, 0.4) is 0 Å². The van der Waals surface area contributed by atoms with Crippen LogP contribution >= 0.6 is 0 Å². The number of rotatable bonds is 4. The molecule has 0 atom stereocenters. The molecule has 0 fully saturated rings. The first kappa shape index (κ1) is 11.3. The van der Waals surface area contributed by atoms with Gasteiger partial charge in [-0.2, -0.15) is 0 Å². The molecule has 0 spiro atoms. The van der Waals surface area contributed by atoms with Crippen LogP contribution in [0.2, 0.25) is 0 Å². The van der Waals surface area contributed by atoms with Crippen molar-refractivity contribution in [3.63, 3.8) is 0 Å². The van der Waals surface area contributed by atoms with E-state index in [2.05, 4.69) is 11.4 Å². The molecule has 0 unspecified atom stereocenters. The largest absolute Gasteiger partial charge is 0.390 e. The zero-order valence-electron chi connectivity index (χ0n) is 9.14. The lowest BCUT2D eigenvalue weighted by atomic mass is 10.2. The van der Waals surface area contributed by atoms with Crippen molar-refractivity contribution in [1.82, 2.24) is 0 Å². The van der Waals surface area contributed by atoms with Crippen LogP contribution in [0.1, 0.15) is 11.1 Å². The second-order valence-corrected chi connectivity index (χ2v) is 3.47. The van der Waals surface area contributed by atoms with E-state index in [0.717, 1.165) is 5.56 Å². The van der Waals surface area contributed by atoms with E-state index in [1.807, 2.05) is 30.3 Å². The molecule has 0 saturated carbocycles. The Hall–Kier alpha value is -2.16. The summed E-state index contributed by atoms with van der Waals surface area (Å²) in [5.74, 6) is -0.277. The first-order chi connectivity index (χ1) is 8.34. The first-order valence-corrected chi connectivity index (χ1v) is 5.22. The average molecular weight is 228 g/mol. The van der Waals surface area contributed by atoms with E-state index in [1.165, 1.54) is 12.1 Å². The number of halogens is 1. The fourth-order valence-electron chi connectivity index (χ4n) is 1.29. The van der Waals surface area contributed by atoms with Crippen molar-refractivity contribution in [3.8, 4) is 0 Å². The molecule has 0 aliphatic carbocycles. The molecule has 0 amide bonds. The highest BCUT2D eigenvalue weighted by molar-refractivity contribution is 5.78. The Morgan fingerprint density at radius 1 is 1.00 bits per heavy atom. The number of benzene rings is 2. The summed E-state index contributed by atoms with van der Waals surface area (Å²) in [5, 5.41) is 3.69. The minimum absolute atomic E-state index is 0.277. The fraction of sp³-hybridized carbons (Fsp3) is 0.0714. The summed E-state index contributed by atoms with van der Waals surface area (Å²) in [6.07, 6.45) is 2.68. The Morgan fingerprint density at radius 3 is 2.41 bits per heavy atom. The fourth-order valence-corrected chi connectivity index (χ4v) is 1.29. The van der Waals surface area contributed by atoms with Gasteiger partial charge in [-0.05, 0) is 29.8 Å². The highest BCUT2D eigenvalue weighted by Gasteiger charge is 1.92. The van der Waals surface area contributed by atoms with Crippen molar-refractivity contribution >= 4 is 6.21 Å². The Bertz CT molecular complexity index is 479. The number of hydrogen-bond acceptors (Lipinski definition) is 2. The van der Waals surface area contributed by atoms with Gasteiger partial charge in [-0.1, -0.05) is 35.5 Å². The second kappa shape index (κ2) is 5.80. The Kier molecular flexibility index (Phi) is 3.86. The SMILES string of the molecule is Fc1ccc(/[C]=N\OCc2ccccc2)cc1. The van der Waals surface area contributed by atoms with Crippen molar-refractivity contribution in [2.45, 2.75) is 6.61 Å². The molecule has 0 aromatic heterocycles. The number of hydrogen-bond donors (Lipinski definition) is 0. The van der Waals surface area contributed by atoms with Crippen molar-refractivity contribution in [2.24, 2.45) is 5.16 Å². The molecule has 0 bridgehead atoms. The lowest BCUT2D eigenvalue weighted by molar-refractivity contribution is 0.132. The molecule has 3 heteroatoms. The molecule has 2 rings (SSSR count). The summed E-state index contributed by atoms with van der Waals surface area (Å²) < 4.78 is 12.6. The zero-order valence-corrected chi connectivity index (χ0v) is 9.14. The van der Waals surface area contributed by atoms with Gasteiger partial charge in [0.2, 0.25) is 0 Å². The maximum Gasteiger partial charge on any atom is 0.142 e. The standard InChI is InChI=1S/C14H11FNO/c15-14-8-6-12(7-9-14)10-16-17-11-13-4-2-1-3-5-13/h1-9H,11H2. The van der Waals surface area contributed by atoms with Gasteiger partial charge in [0.15, 0.2) is 0 Å². The van der Waals surface area contributed by atoms with Crippen molar-refractivity contribution < 1.29 is 9.23 Å². The third-order valence-electron chi connectivity index (χ3n) is 2.16. The van der Waals surface area contributed by atoms with Gasteiger partial charge in [0.1, 0.15) is 18.6 Å².